The largest absolute Gasteiger partial charge is 0.496 e. The summed E-state index contributed by atoms with van der Waals surface area (Å²) in [7, 11) is 7.80. The molecule has 2 atom stereocenters. The van der Waals surface area contributed by atoms with Gasteiger partial charge in [0.15, 0.2) is 0 Å². The Kier molecular flexibility index (Phi) is 23.6. The summed E-state index contributed by atoms with van der Waals surface area (Å²) in [5, 5.41) is 4.94. The number of benzene rings is 1. The topological polar surface area (TPSA) is 80.2 Å². The van der Waals surface area contributed by atoms with Crippen LogP contribution in [0.15, 0.2) is 17.1 Å². The van der Waals surface area contributed by atoms with Gasteiger partial charge in [0, 0.05) is 35.5 Å². The average Bonchev–Trinajstić information content (AvgIpc) is 2.97. The molecule has 0 radical (unpaired) electrons. The maximum Gasteiger partial charge on any atom is 0.293 e. The predicted octanol–water partition coefficient (Wildman–Crippen LogP) is 7.52. The first-order chi connectivity index (χ1) is 20.2. The molecule has 0 heterocycles. The van der Waals surface area contributed by atoms with Crippen LogP contribution in [0, 0.1) is 5.92 Å². The van der Waals surface area contributed by atoms with Gasteiger partial charge in [-0.2, -0.15) is 0 Å². The number of carbonyl (C=O) groups excluding carboxylic acids is 2. The minimum atomic E-state index is -0.00421. The van der Waals surface area contributed by atoms with E-state index in [1.807, 2.05) is 39.7 Å². The molecule has 2 unspecified atom stereocenters. The van der Waals surface area contributed by atoms with Crippen LogP contribution in [0.3, 0.4) is 0 Å². The van der Waals surface area contributed by atoms with Crippen LogP contribution in [-0.4, -0.2) is 82.9 Å². The molecule has 0 bridgehead atoms. The van der Waals surface area contributed by atoms with Crippen LogP contribution in [-0.2, 0) is 25.2 Å². The first-order valence-electron chi connectivity index (χ1n) is 15.8. The van der Waals surface area contributed by atoms with E-state index in [9.17, 15) is 4.79 Å². The minimum Gasteiger partial charge on any atom is -0.496 e. The van der Waals surface area contributed by atoms with E-state index in [1.54, 1.807) is 7.11 Å². The van der Waals surface area contributed by atoms with Crippen LogP contribution >= 0.6 is 11.8 Å². The lowest BCUT2D eigenvalue weighted by Crippen LogP contribution is -2.21. The van der Waals surface area contributed by atoms with Crippen LogP contribution in [0.4, 0.5) is 0 Å². The fourth-order valence-electron chi connectivity index (χ4n) is 4.71. The Morgan fingerprint density at radius 3 is 2.02 bits per heavy atom. The Morgan fingerprint density at radius 2 is 1.63 bits per heavy atom. The third-order valence-corrected chi connectivity index (χ3v) is 8.90. The Hall–Kier alpha value is -1.90. The van der Waals surface area contributed by atoms with Crippen molar-refractivity contribution in [3.05, 3.63) is 28.8 Å². The summed E-state index contributed by atoms with van der Waals surface area (Å²) in [6, 6.07) is 4.62. The van der Waals surface area contributed by atoms with Gasteiger partial charge < -0.3 is 24.5 Å². The first-order valence-corrected chi connectivity index (χ1v) is 16.6. The number of nitrogens with one attached hydrogen (secondary N) is 1. The average molecular weight is 624 g/mol. The summed E-state index contributed by atoms with van der Waals surface area (Å²) in [4.78, 5) is 24.6. The second-order valence-electron chi connectivity index (χ2n) is 12.9. The summed E-state index contributed by atoms with van der Waals surface area (Å²) in [5.74, 6) is 1.73. The number of methoxy groups -OCH3 is 1. The highest BCUT2D eigenvalue weighted by molar-refractivity contribution is 8.14. The second-order valence-corrected chi connectivity index (χ2v) is 14.3. The molecule has 1 aromatic carbocycles. The lowest BCUT2D eigenvalue weighted by atomic mass is 9.78. The highest BCUT2D eigenvalue weighted by Gasteiger charge is 2.29. The van der Waals surface area contributed by atoms with Gasteiger partial charge in [-0.1, -0.05) is 75.2 Å². The molecular formula is C35H65N3O4S. The molecule has 43 heavy (non-hydrogen) atoms. The molecular weight excluding hydrogens is 558 g/mol. The molecule has 1 N–H and O–H groups in total. The molecule has 1 rings (SSSR count). The van der Waals surface area contributed by atoms with Gasteiger partial charge in [-0.3, -0.25) is 9.79 Å². The van der Waals surface area contributed by atoms with Crippen LogP contribution < -0.4 is 10.1 Å². The van der Waals surface area contributed by atoms with Crippen LogP contribution in [0.5, 0.6) is 5.75 Å². The van der Waals surface area contributed by atoms with E-state index in [1.165, 1.54) is 42.4 Å². The molecule has 250 valence electrons. The lowest BCUT2D eigenvalue weighted by molar-refractivity contribution is -0.128. The normalized spacial score (nSPS) is 13.3. The Morgan fingerprint density at radius 1 is 1.07 bits per heavy atom. The third-order valence-electron chi connectivity index (χ3n) is 7.51. The molecule has 0 saturated carbocycles. The number of nitrogens with zero attached hydrogens (tertiary/aromatic N) is 2. The van der Waals surface area contributed by atoms with Crippen molar-refractivity contribution in [2.75, 3.05) is 54.5 Å². The number of unbranched alkanes of at least 4 members (excludes halogenated alkanes) is 1. The maximum absolute atomic E-state index is 9.68. The Bertz CT molecular complexity index is 874. The van der Waals surface area contributed by atoms with Crippen LogP contribution in [0.2, 0.25) is 0 Å². The van der Waals surface area contributed by atoms with E-state index < -0.39 is 0 Å². The first kappa shape index (κ1) is 43.2. The highest BCUT2D eigenvalue weighted by atomic mass is 32.2. The van der Waals surface area contributed by atoms with Gasteiger partial charge in [0.25, 0.3) is 6.47 Å². The zero-order valence-electron chi connectivity index (χ0n) is 29.9. The van der Waals surface area contributed by atoms with E-state index in [4.69, 9.17) is 14.5 Å². The van der Waals surface area contributed by atoms with Crippen molar-refractivity contribution in [1.82, 2.24) is 10.2 Å². The number of aliphatic imine (C=N–C) groups is 1. The molecule has 0 aliphatic carbocycles. The third kappa shape index (κ3) is 17.2. The Balaban J connectivity index is 0. The van der Waals surface area contributed by atoms with Crippen LogP contribution in [0.25, 0.3) is 0 Å². The van der Waals surface area contributed by atoms with Crippen molar-refractivity contribution >= 4 is 30.1 Å². The van der Waals surface area contributed by atoms with Gasteiger partial charge in [-0.05, 0) is 75.3 Å². The molecule has 8 heteroatoms. The van der Waals surface area contributed by atoms with Crippen molar-refractivity contribution in [2.45, 2.75) is 110 Å². The zero-order chi connectivity index (χ0) is 33.6. The van der Waals surface area contributed by atoms with Crippen molar-refractivity contribution in [3.63, 3.8) is 0 Å². The molecule has 0 spiro atoms. The van der Waals surface area contributed by atoms with E-state index in [2.05, 4.69) is 89.4 Å². The fourth-order valence-corrected chi connectivity index (χ4v) is 5.94. The van der Waals surface area contributed by atoms with E-state index in [0.717, 1.165) is 36.8 Å². The zero-order valence-corrected chi connectivity index (χ0v) is 30.7. The Labute approximate surface area is 269 Å². The standard InChI is InChI=1S/C27H48N2OS.C7H15NO2.CH2O/c1-12-20(15-13-14-16-28-9)19(2)31-25(29-10)21-17-22(26(3,4)5)24(30-11)23(18-21)27(6,7)8;1-3-8(2)5-4-6-10-7-9;1-2/h17-20,28H,12-16H2,1-11H3;7H,3-6H2,1-2H3;1H2. The smallest absolute Gasteiger partial charge is 0.293 e. The van der Waals surface area contributed by atoms with Crippen LogP contribution in [0.1, 0.15) is 111 Å². The van der Waals surface area contributed by atoms with Crippen molar-refractivity contribution in [1.29, 1.82) is 0 Å². The van der Waals surface area contributed by atoms with E-state index >= 15 is 0 Å². The number of carbonyl (C=O) groups is 2. The SMILES string of the molecule is C=O.CCC(CCCCNC)C(C)SC(=NC)c1cc(C(C)(C)C)c(OC)c(C(C)(C)C)c1.CCN(C)CCCOC=O. The molecule has 7 nitrogen and oxygen atoms in total. The molecule has 0 aliphatic heterocycles. The van der Waals surface area contributed by atoms with Gasteiger partial charge in [-0.25, -0.2) is 0 Å². The van der Waals surface area contributed by atoms with Gasteiger partial charge in [-0.15, -0.1) is 11.8 Å². The molecule has 1 aromatic rings. The molecule has 0 fully saturated rings. The minimum absolute atomic E-state index is 0.00421. The summed E-state index contributed by atoms with van der Waals surface area (Å²) in [6.07, 6.45) is 5.96. The monoisotopic (exact) mass is 623 g/mol. The molecule has 0 aliphatic rings. The van der Waals surface area contributed by atoms with Crippen molar-refractivity contribution < 1.29 is 19.1 Å². The quantitative estimate of drug-likeness (QED) is 0.0883. The number of hydrogen-bond acceptors (Lipinski definition) is 8. The molecule has 0 saturated heterocycles. The summed E-state index contributed by atoms with van der Waals surface area (Å²) < 4.78 is 10.5. The van der Waals surface area contributed by atoms with Gasteiger partial charge in [0.1, 0.15) is 12.5 Å². The number of ether oxygens (including phenoxy) is 2. The highest BCUT2D eigenvalue weighted by Crippen LogP contribution is 2.42. The number of rotatable bonds is 16. The molecule has 0 aromatic heterocycles. The summed E-state index contributed by atoms with van der Waals surface area (Å²) in [6.45, 7) is 26.5. The van der Waals surface area contributed by atoms with E-state index in [-0.39, 0.29) is 10.8 Å². The summed E-state index contributed by atoms with van der Waals surface area (Å²) >= 11 is 1.94. The van der Waals surface area contributed by atoms with Gasteiger partial charge >= 0.3 is 0 Å². The van der Waals surface area contributed by atoms with Gasteiger partial charge in [0.05, 0.1) is 18.8 Å². The van der Waals surface area contributed by atoms with Crippen molar-refractivity contribution in [3.8, 4) is 5.75 Å². The van der Waals surface area contributed by atoms with Gasteiger partial charge in [0.2, 0.25) is 0 Å². The second kappa shape index (κ2) is 23.5. The molecule has 0 amide bonds. The van der Waals surface area contributed by atoms with Crippen molar-refractivity contribution in [2.24, 2.45) is 10.9 Å². The summed E-state index contributed by atoms with van der Waals surface area (Å²) in [5.41, 5.74) is 3.72. The lowest BCUT2D eigenvalue weighted by Gasteiger charge is -2.30. The van der Waals surface area contributed by atoms with E-state index in [0.29, 0.717) is 24.2 Å². The fraction of sp³-hybridized carbons (Fsp3) is 0.743. The number of thioether (sulfide) groups is 1. The number of hydrogen-bond donors (Lipinski definition) is 1. The predicted molar refractivity (Wildman–Crippen MR) is 188 cm³/mol. The maximum atomic E-state index is 9.68.